The second-order valence-electron chi connectivity index (χ2n) is 7.79. The minimum atomic E-state index is -0.173. The molecule has 1 heterocycles. The maximum atomic E-state index is 13.6. The highest BCUT2D eigenvalue weighted by molar-refractivity contribution is 9.10. The number of carbonyl (C=O) groups is 1. The molecule has 0 bridgehead atoms. The lowest BCUT2D eigenvalue weighted by Gasteiger charge is -2.17. The molecular weight excluding hydrogens is 472 g/mol. The fourth-order valence-corrected chi connectivity index (χ4v) is 4.55. The van der Waals surface area contributed by atoms with Gasteiger partial charge in [-0.05, 0) is 78.5 Å². The smallest absolute Gasteiger partial charge is 0.256 e. The molecule has 1 aromatic heterocycles. The first-order valence-corrected chi connectivity index (χ1v) is 11.2. The van der Waals surface area contributed by atoms with Crippen molar-refractivity contribution in [3.8, 4) is 11.3 Å². The van der Waals surface area contributed by atoms with Crippen LogP contribution < -0.4 is 5.32 Å². The number of hydrogen-bond donors (Lipinski definition) is 1. The summed E-state index contributed by atoms with van der Waals surface area (Å²) in [7, 11) is 0. The van der Waals surface area contributed by atoms with Gasteiger partial charge in [0.25, 0.3) is 5.91 Å². The summed E-state index contributed by atoms with van der Waals surface area (Å²) in [6.45, 7) is 7.92. The van der Waals surface area contributed by atoms with Crippen LogP contribution in [0.2, 0.25) is 5.02 Å². The van der Waals surface area contributed by atoms with Gasteiger partial charge in [0.2, 0.25) is 0 Å². The van der Waals surface area contributed by atoms with E-state index in [4.69, 9.17) is 16.6 Å². The van der Waals surface area contributed by atoms with Crippen LogP contribution in [0.25, 0.3) is 22.2 Å². The topological polar surface area (TPSA) is 42.0 Å². The number of benzene rings is 3. The van der Waals surface area contributed by atoms with Gasteiger partial charge in [0, 0.05) is 21.1 Å². The number of fused-ring (bicyclic) bond motifs is 1. The average molecular weight is 494 g/mol. The van der Waals surface area contributed by atoms with Crippen molar-refractivity contribution < 1.29 is 4.79 Å². The maximum Gasteiger partial charge on any atom is 0.256 e. The lowest BCUT2D eigenvalue weighted by atomic mass is 9.94. The van der Waals surface area contributed by atoms with E-state index in [0.717, 1.165) is 48.9 Å². The van der Waals surface area contributed by atoms with E-state index < -0.39 is 0 Å². The lowest BCUT2D eigenvalue weighted by molar-refractivity contribution is 0.102. The summed E-state index contributed by atoms with van der Waals surface area (Å²) in [4.78, 5) is 18.6. The van der Waals surface area contributed by atoms with Crippen molar-refractivity contribution in [1.82, 2.24) is 4.98 Å². The molecule has 3 nitrogen and oxygen atoms in total. The molecule has 3 aromatic carbocycles. The first-order chi connectivity index (χ1) is 14.8. The second-order valence-corrected chi connectivity index (χ2v) is 9.02. The van der Waals surface area contributed by atoms with Gasteiger partial charge in [0.05, 0.1) is 21.8 Å². The highest BCUT2D eigenvalue weighted by Crippen LogP contribution is 2.34. The Labute approximate surface area is 195 Å². The summed E-state index contributed by atoms with van der Waals surface area (Å²) in [5, 5.41) is 4.52. The molecule has 0 fully saturated rings. The van der Waals surface area contributed by atoms with Crippen molar-refractivity contribution in [1.29, 1.82) is 0 Å². The normalized spacial score (nSPS) is 11.0. The minimum Gasteiger partial charge on any atom is -0.322 e. The molecule has 0 atom stereocenters. The maximum absolute atomic E-state index is 13.6. The van der Waals surface area contributed by atoms with Gasteiger partial charge < -0.3 is 5.32 Å². The predicted molar refractivity (Wildman–Crippen MR) is 133 cm³/mol. The molecule has 31 heavy (non-hydrogen) atoms. The molecule has 0 aliphatic carbocycles. The van der Waals surface area contributed by atoms with E-state index in [0.29, 0.717) is 16.3 Å². The Bertz CT molecular complexity index is 1330. The van der Waals surface area contributed by atoms with Crippen LogP contribution in [-0.2, 0) is 0 Å². The molecule has 0 spiro atoms. The molecule has 0 saturated heterocycles. The largest absolute Gasteiger partial charge is 0.322 e. The Kier molecular flexibility index (Phi) is 5.87. The van der Waals surface area contributed by atoms with Crippen LogP contribution in [0.15, 0.2) is 59.1 Å². The summed E-state index contributed by atoms with van der Waals surface area (Å²) in [6.07, 6.45) is 0. The summed E-state index contributed by atoms with van der Waals surface area (Å²) in [6, 6.07) is 17.8. The third-order valence-electron chi connectivity index (χ3n) is 5.53. The number of rotatable bonds is 3. The standard InChI is InChI=1S/C26H22BrClN2O/c1-14-12-15(2)24-19(13-14)22(17(4)25(30-24)18-8-6-5-7-9-18)26(31)29-21-11-10-20(27)23(28)16(21)3/h5-13H,1-4H3,(H,29,31). The molecule has 0 unspecified atom stereocenters. The number of amides is 1. The zero-order chi connectivity index (χ0) is 22.3. The van der Waals surface area contributed by atoms with E-state index in [1.165, 1.54) is 0 Å². The molecule has 4 rings (SSSR count). The molecule has 156 valence electrons. The summed E-state index contributed by atoms with van der Waals surface area (Å²) < 4.78 is 0.799. The fourth-order valence-electron chi connectivity index (χ4n) is 3.96. The number of halogens is 2. The van der Waals surface area contributed by atoms with Crippen molar-refractivity contribution in [3.63, 3.8) is 0 Å². The van der Waals surface area contributed by atoms with Crippen LogP contribution in [0.5, 0.6) is 0 Å². The molecule has 0 saturated carbocycles. The van der Waals surface area contributed by atoms with Gasteiger partial charge in [-0.25, -0.2) is 4.98 Å². The van der Waals surface area contributed by atoms with Gasteiger partial charge in [0.1, 0.15) is 0 Å². The number of nitrogens with zero attached hydrogens (tertiary/aromatic N) is 1. The third-order valence-corrected chi connectivity index (χ3v) is 6.91. The predicted octanol–water partition coefficient (Wildman–Crippen LogP) is 7.80. The van der Waals surface area contributed by atoms with Crippen molar-refractivity contribution >= 4 is 50.0 Å². The first-order valence-electron chi connectivity index (χ1n) is 10.0. The van der Waals surface area contributed by atoms with Gasteiger partial charge >= 0.3 is 0 Å². The molecular formula is C26H22BrClN2O. The lowest BCUT2D eigenvalue weighted by Crippen LogP contribution is -2.16. The number of pyridine rings is 1. The summed E-state index contributed by atoms with van der Waals surface area (Å²) in [5.74, 6) is -0.173. The van der Waals surface area contributed by atoms with Crippen LogP contribution >= 0.6 is 27.5 Å². The Balaban J connectivity index is 1.94. The Hall–Kier alpha value is -2.69. The van der Waals surface area contributed by atoms with E-state index in [1.54, 1.807) is 0 Å². The average Bonchev–Trinajstić information content (AvgIpc) is 2.74. The fraction of sp³-hybridized carbons (Fsp3) is 0.154. The number of carbonyl (C=O) groups excluding carboxylic acids is 1. The molecule has 4 aromatic rings. The molecule has 1 amide bonds. The number of nitrogens with one attached hydrogen (secondary N) is 1. The number of aromatic nitrogens is 1. The molecule has 0 aliphatic rings. The molecule has 5 heteroatoms. The van der Waals surface area contributed by atoms with Crippen molar-refractivity contribution in [2.24, 2.45) is 0 Å². The number of hydrogen-bond acceptors (Lipinski definition) is 2. The van der Waals surface area contributed by atoms with Gasteiger partial charge in [-0.15, -0.1) is 0 Å². The summed E-state index contributed by atoms with van der Waals surface area (Å²) >= 11 is 9.81. The molecule has 0 radical (unpaired) electrons. The second kappa shape index (κ2) is 8.45. The molecule has 0 aliphatic heterocycles. The van der Waals surface area contributed by atoms with Crippen LogP contribution in [0, 0.1) is 27.7 Å². The van der Waals surface area contributed by atoms with Gasteiger partial charge in [-0.3, -0.25) is 4.79 Å². The monoisotopic (exact) mass is 492 g/mol. The van der Waals surface area contributed by atoms with Gasteiger partial charge in [-0.1, -0.05) is 53.6 Å². The van der Waals surface area contributed by atoms with Crippen molar-refractivity contribution in [2.75, 3.05) is 5.32 Å². The van der Waals surface area contributed by atoms with Crippen molar-refractivity contribution in [2.45, 2.75) is 27.7 Å². The first kappa shape index (κ1) is 21.5. The third kappa shape index (κ3) is 3.98. The van der Waals surface area contributed by atoms with E-state index >= 15 is 0 Å². The highest BCUT2D eigenvalue weighted by Gasteiger charge is 2.21. The quantitative estimate of drug-likeness (QED) is 0.316. The highest BCUT2D eigenvalue weighted by atomic mass is 79.9. The van der Waals surface area contributed by atoms with Crippen LogP contribution in [-0.4, -0.2) is 10.9 Å². The van der Waals surface area contributed by atoms with Crippen LogP contribution in [0.3, 0.4) is 0 Å². The van der Waals surface area contributed by atoms with E-state index in [2.05, 4.69) is 27.3 Å². The van der Waals surface area contributed by atoms with Gasteiger partial charge in [0.15, 0.2) is 0 Å². The van der Waals surface area contributed by atoms with Gasteiger partial charge in [-0.2, -0.15) is 0 Å². The van der Waals surface area contributed by atoms with E-state index in [1.807, 2.05) is 76.2 Å². The zero-order valence-corrected chi connectivity index (χ0v) is 20.1. The Morgan fingerprint density at radius 1 is 0.968 bits per heavy atom. The number of anilines is 1. The van der Waals surface area contributed by atoms with E-state index in [-0.39, 0.29) is 5.91 Å². The zero-order valence-electron chi connectivity index (χ0n) is 17.8. The van der Waals surface area contributed by atoms with Crippen LogP contribution in [0.1, 0.15) is 32.6 Å². The summed E-state index contributed by atoms with van der Waals surface area (Å²) in [5.41, 5.74) is 7.76. The molecule has 1 N–H and O–H groups in total. The van der Waals surface area contributed by atoms with E-state index in [9.17, 15) is 4.79 Å². The Morgan fingerprint density at radius 3 is 2.39 bits per heavy atom. The number of aryl methyl sites for hydroxylation is 2. The van der Waals surface area contributed by atoms with Crippen LogP contribution in [0.4, 0.5) is 5.69 Å². The minimum absolute atomic E-state index is 0.173. The SMILES string of the molecule is Cc1cc(C)c2nc(-c3ccccc3)c(C)c(C(=O)Nc3ccc(Br)c(Cl)c3C)c2c1. The van der Waals surface area contributed by atoms with Crippen molar-refractivity contribution in [3.05, 3.63) is 91.9 Å². The Morgan fingerprint density at radius 2 is 1.68 bits per heavy atom.